The predicted octanol–water partition coefficient (Wildman–Crippen LogP) is 3.26. The second-order valence-electron chi connectivity index (χ2n) is 7.13. The minimum atomic E-state index is -0.322. The molecular weight excluding hydrogens is 270 g/mol. The zero-order valence-electron chi connectivity index (χ0n) is 13.2. The van der Waals surface area contributed by atoms with E-state index >= 15 is 0 Å². The van der Waals surface area contributed by atoms with Crippen molar-refractivity contribution in [2.75, 3.05) is 19.6 Å². The van der Waals surface area contributed by atoms with Gasteiger partial charge in [-0.3, -0.25) is 4.90 Å². The van der Waals surface area contributed by atoms with Gasteiger partial charge >= 0.3 is 0 Å². The maximum absolute atomic E-state index is 14.3. The van der Waals surface area contributed by atoms with Gasteiger partial charge in [-0.25, -0.2) is 8.78 Å². The maximum Gasteiger partial charge on any atom is 0.128 e. The lowest BCUT2D eigenvalue weighted by Crippen LogP contribution is -2.45. The van der Waals surface area contributed by atoms with E-state index in [-0.39, 0.29) is 23.2 Å². The fourth-order valence-electron chi connectivity index (χ4n) is 4.26. The van der Waals surface area contributed by atoms with Gasteiger partial charge in [-0.15, -0.1) is 0 Å². The molecule has 2 heterocycles. The summed E-state index contributed by atoms with van der Waals surface area (Å²) < 4.78 is 28.1. The second kappa shape index (κ2) is 5.03. The van der Waals surface area contributed by atoms with Gasteiger partial charge < -0.3 is 5.32 Å². The van der Waals surface area contributed by atoms with Gasteiger partial charge in [-0.2, -0.15) is 0 Å². The molecule has 1 aromatic carbocycles. The average molecular weight is 294 g/mol. The minimum Gasteiger partial charge on any atom is -0.316 e. The lowest BCUT2D eigenvalue weighted by molar-refractivity contribution is 0.0951. The van der Waals surface area contributed by atoms with Crippen molar-refractivity contribution in [2.24, 2.45) is 11.8 Å². The predicted molar refractivity (Wildman–Crippen MR) is 80.1 cm³/mol. The molecule has 3 atom stereocenters. The average Bonchev–Trinajstić information content (AvgIpc) is 2.96. The quantitative estimate of drug-likeness (QED) is 0.900. The van der Waals surface area contributed by atoms with Crippen molar-refractivity contribution in [3.63, 3.8) is 0 Å². The third kappa shape index (κ3) is 2.29. The molecule has 21 heavy (non-hydrogen) atoms. The van der Waals surface area contributed by atoms with Gasteiger partial charge in [-0.1, -0.05) is 0 Å². The van der Waals surface area contributed by atoms with Crippen molar-refractivity contribution in [1.29, 1.82) is 0 Å². The van der Waals surface area contributed by atoms with E-state index in [1.165, 1.54) is 12.1 Å². The second-order valence-corrected chi connectivity index (χ2v) is 7.13. The van der Waals surface area contributed by atoms with Gasteiger partial charge in [0.2, 0.25) is 0 Å². The Bertz CT molecular complexity index is 556. The van der Waals surface area contributed by atoms with Crippen LogP contribution in [0.4, 0.5) is 8.78 Å². The van der Waals surface area contributed by atoms with Crippen LogP contribution in [0.15, 0.2) is 12.1 Å². The fourth-order valence-corrected chi connectivity index (χ4v) is 4.26. The summed E-state index contributed by atoms with van der Waals surface area (Å²) in [6.45, 7) is 11.0. The Hall–Kier alpha value is -1.00. The van der Waals surface area contributed by atoms with Crippen LogP contribution in [-0.2, 0) is 0 Å². The van der Waals surface area contributed by atoms with Crippen molar-refractivity contribution in [1.82, 2.24) is 10.2 Å². The van der Waals surface area contributed by atoms with E-state index in [0.29, 0.717) is 23.0 Å². The number of hydrogen-bond donors (Lipinski definition) is 1. The minimum absolute atomic E-state index is 0.00137. The Labute approximate surface area is 125 Å². The Kier molecular flexibility index (Phi) is 3.57. The van der Waals surface area contributed by atoms with Crippen LogP contribution in [0.3, 0.4) is 0 Å². The number of likely N-dealkylation sites (tertiary alicyclic amines) is 1. The van der Waals surface area contributed by atoms with Gasteiger partial charge in [-0.05, 0) is 63.8 Å². The van der Waals surface area contributed by atoms with E-state index in [4.69, 9.17) is 0 Å². The lowest BCUT2D eigenvalue weighted by Gasteiger charge is -2.40. The van der Waals surface area contributed by atoms with Gasteiger partial charge in [0.1, 0.15) is 11.6 Å². The molecule has 2 saturated heterocycles. The van der Waals surface area contributed by atoms with Gasteiger partial charge in [0.25, 0.3) is 0 Å². The number of halogens is 2. The van der Waals surface area contributed by atoms with Crippen LogP contribution >= 0.6 is 0 Å². The molecule has 0 aliphatic carbocycles. The summed E-state index contributed by atoms with van der Waals surface area (Å²) >= 11 is 0. The molecule has 0 amide bonds. The molecular formula is C17H24F2N2. The molecule has 3 unspecified atom stereocenters. The Morgan fingerprint density at radius 2 is 1.95 bits per heavy atom. The number of benzene rings is 1. The van der Waals surface area contributed by atoms with Crippen LogP contribution in [0.5, 0.6) is 0 Å². The van der Waals surface area contributed by atoms with E-state index in [1.807, 2.05) is 6.92 Å². The highest BCUT2D eigenvalue weighted by Gasteiger charge is 2.51. The van der Waals surface area contributed by atoms with Crippen LogP contribution in [0.2, 0.25) is 0 Å². The number of fused-ring (bicyclic) bond motifs is 1. The van der Waals surface area contributed by atoms with Crippen molar-refractivity contribution in [3.05, 3.63) is 34.9 Å². The summed E-state index contributed by atoms with van der Waals surface area (Å²) in [5.74, 6) is 0.573. The van der Waals surface area contributed by atoms with Crippen LogP contribution < -0.4 is 5.32 Å². The lowest BCUT2D eigenvalue weighted by atomic mass is 9.84. The van der Waals surface area contributed by atoms with Crippen LogP contribution in [-0.4, -0.2) is 30.1 Å². The molecule has 0 aromatic heterocycles. The zero-order valence-corrected chi connectivity index (χ0v) is 13.2. The molecule has 0 radical (unpaired) electrons. The molecule has 2 nitrogen and oxygen atoms in total. The van der Waals surface area contributed by atoms with Crippen molar-refractivity contribution in [3.8, 4) is 0 Å². The zero-order chi connectivity index (χ0) is 15.4. The molecule has 2 fully saturated rings. The largest absolute Gasteiger partial charge is 0.316 e. The normalized spacial score (nSPS) is 29.6. The summed E-state index contributed by atoms with van der Waals surface area (Å²) in [5, 5.41) is 3.45. The molecule has 2 aliphatic heterocycles. The Morgan fingerprint density at radius 1 is 1.24 bits per heavy atom. The first-order valence-electron chi connectivity index (χ1n) is 7.75. The molecule has 116 valence electrons. The first-order chi connectivity index (χ1) is 9.82. The highest BCUT2D eigenvalue weighted by Crippen LogP contribution is 2.45. The van der Waals surface area contributed by atoms with Crippen molar-refractivity contribution >= 4 is 0 Å². The number of nitrogens with zero attached hydrogens (tertiary/aromatic N) is 1. The van der Waals surface area contributed by atoms with Gasteiger partial charge in [0, 0.05) is 30.2 Å². The molecule has 3 rings (SSSR count). The van der Waals surface area contributed by atoms with Gasteiger partial charge in [0.15, 0.2) is 0 Å². The summed E-state index contributed by atoms with van der Waals surface area (Å²) in [5.41, 5.74) is 0.839. The Balaban J connectivity index is 1.92. The summed E-state index contributed by atoms with van der Waals surface area (Å²) in [6.07, 6.45) is 0. The first kappa shape index (κ1) is 14.9. The van der Waals surface area contributed by atoms with E-state index in [0.717, 1.165) is 19.6 Å². The molecule has 0 bridgehead atoms. The third-order valence-corrected chi connectivity index (χ3v) is 5.61. The number of aryl methyl sites for hydroxylation is 1. The highest BCUT2D eigenvalue weighted by molar-refractivity contribution is 5.28. The maximum atomic E-state index is 14.3. The molecule has 0 spiro atoms. The smallest absolute Gasteiger partial charge is 0.128 e. The monoisotopic (exact) mass is 294 g/mol. The van der Waals surface area contributed by atoms with E-state index in [2.05, 4.69) is 24.1 Å². The molecule has 1 aromatic rings. The summed E-state index contributed by atoms with van der Waals surface area (Å²) in [7, 11) is 0. The first-order valence-corrected chi connectivity index (χ1v) is 7.75. The summed E-state index contributed by atoms with van der Waals surface area (Å²) in [4.78, 5) is 2.34. The molecule has 2 aliphatic rings. The summed E-state index contributed by atoms with van der Waals surface area (Å²) in [6, 6.07) is 2.57. The third-order valence-electron chi connectivity index (χ3n) is 5.61. The SMILES string of the molecule is Cc1cc(F)c(C(C)N2CC3CNCC3C2(C)C)cc1F. The van der Waals surface area contributed by atoms with Crippen LogP contribution in [0, 0.1) is 30.4 Å². The fraction of sp³-hybridized carbons (Fsp3) is 0.647. The van der Waals surface area contributed by atoms with Crippen molar-refractivity contribution in [2.45, 2.75) is 39.3 Å². The molecule has 4 heteroatoms. The standard InChI is InChI=1S/C17H24F2N2/c1-10-5-16(19)13(6-15(10)18)11(2)21-9-12-7-20-8-14(12)17(21,3)4/h5-6,11-12,14,20H,7-9H2,1-4H3. The van der Waals surface area contributed by atoms with Crippen LogP contribution in [0.25, 0.3) is 0 Å². The number of nitrogens with one attached hydrogen (secondary N) is 1. The number of hydrogen-bond acceptors (Lipinski definition) is 2. The Morgan fingerprint density at radius 3 is 2.62 bits per heavy atom. The van der Waals surface area contributed by atoms with Crippen molar-refractivity contribution < 1.29 is 8.78 Å². The van der Waals surface area contributed by atoms with E-state index in [9.17, 15) is 8.78 Å². The highest BCUT2D eigenvalue weighted by atomic mass is 19.1. The molecule has 0 saturated carbocycles. The molecule has 1 N–H and O–H groups in total. The van der Waals surface area contributed by atoms with E-state index < -0.39 is 0 Å². The van der Waals surface area contributed by atoms with Crippen LogP contribution in [0.1, 0.15) is 37.9 Å². The van der Waals surface area contributed by atoms with E-state index in [1.54, 1.807) is 6.92 Å². The topological polar surface area (TPSA) is 15.3 Å². The van der Waals surface area contributed by atoms with Gasteiger partial charge in [0.05, 0.1) is 0 Å². The number of rotatable bonds is 2.